The molecule has 0 aliphatic carbocycles. The highest BCUT2D eigenvalue weighted by Crippen LogP contribution is 2.38. The molecule has 5 nitrogen and oxygen atoms in total. The number of hydrogen-bond acceptors (Lipinski definition) is 4. The third kappa shape index (κ3) is 1.73. The lowest BCUT2D eigenvalue weighted by Gasteiger charge is -2.40. The molecule has 1 amide bonds. The average molecular weight is 261 g/mol. The van der Waals surface area contributed by atoms with E-state index in [1.54, 1.807) is 19.9 Å². The third-order valence-electron chi connectivity index (χ3n) is 3.83. The Bertz CT molecular complexity index is 563. The maximum absolute atomic E-state index is 11.8. The summed E-state index contributed by atoms with van der Waals surface area (Å²) in [6.45, 7) is 4.06. The number of nitrogens with one attached hydrogen (secondary N) is 1. The maximum atomic E-state index is 11.8. The molecule has 2 aliphatic rings. The number of fused-ring (bicyclic) bond motifs is 1. The fourth-order valence-corrected chi connectivity index (χ4v) is 2.39. The van der Waals surface area contributed by atoms with Gasteiger partial charge in [-0.25, -0.2) is 0 Å². The Hall–Kier alpha value is -1.88. The van der Waals surface area contributed by atoms with Crippen LogP contribution in [0.1, 0.15) is 19.4 Å². The first kappa shape index (κ1) is 12.2. The van der Waals surface area contributed by atoms with E-state index in [4.69, 9.17) is 9.47 Å². The molecule has 19 heavy (non-hydrogen) atoms. The molecule has 2 aliphatic heterocycles. The summed E-state index contributed by atoms with van der Waals surface area (Å²) in [6.07, 6.45) is -0.493. The van der Waals surface area contributed by atoms with Crippen LogP contribution in [-0.4, -0.2) is 31.0 Å². The van der Waals surface area contributed by atoms with Crippen LogP contribution < -0.4 is 10.1 Å². The monoisotopic (exact) mass is 261 g/mol. The molecule has 5 heteroatoms. The van der Waals surface area contributed by atoms with Crippen molar-refractivity contribution in [3.05, 3.63) is 23.8 Å². The molecule has 1 fully saturated rings. The second-order valence-corrected chi connectivity index (χ2v) is 5.09. The van der Waals surface area contributed by atoms with Crippen molar-refractivity contribution in [3.63, 3.8) is 0 Å². The Balaban J connectivity index is 2.00. The van der Waals surface area contributed by atoms with Crippen molar-refractivity contribution in [2.45, 2.75) is 25.4 Å². The number of carbonyl (C=O) groups excluding carboxylic acids is 2. The summed E-state index contributed by atoms with van der Waals surface area (Å²) in [4.78, 5) is 23.4. The van der Waals surface area contributed by atoms with Gasteiger partial charge in [-0.15, -0.1) is 0 Å². The normalized spacial score (nSPS) is 23.7. The molecule has 0 spiro atoms. The molecule has 1 atom stereocenters. The van der Waals surface area contributed by atoms with E-state index < -0.39 is 11.5 Å². The van der Waals surface area contributed by atoms with E-state index >= 15 is 0 Å². The van der Waals surface area contributed by atoms with Crippen LogP contribution >= 0.6 is 0 Å². The molecular formula is C14H15NO4. The number of Topliss-reactive ketones (excluding diaryl/α,β-unsaturated/α-hetero) is 1. The van der Waals surface area contributed by atoms with Crippen LogP contribution in [0.25, 0.3) is 0 Å². The van der Waals surface area contributed by atoms with Crippen molar-refractivity contribution >= 4 is 17.4 Å². The third-order valence-corrected chi connectivity index (χ3v) is 3.83. The van der Waals surface area contributed by atoms with Crippen LogP contribution in [0.4, 0.5) is 5.69 Å². The fourth-order valence-electron chi connectivity index (χ4n) is 2.39. The molecule has 0 aromatic heterocycles. The van der Waals surface area contributed by atoms with Crippen molar-refractivity contribution in [1.29, 1.82) is 0 Å². The summed E-state index contributed by atoms with van der Waals surface area (Å²) >= 11 is 0. The largest absolute Gasteiger partial charge is 0.479 e. The SMILES string of the molecule is CC(=O)C1(c2ccc3c(c2)NC(=O)C(C)O3)COC1. The van der Waals surface area contributed by atoms with Gasteiger partial charge in [-0.3, -0.25) is 9.59 Å². The van der Waals surface area contributed by atoms with E-state index in [9.17, 15) is 9.59 Å². The van der Waals surface area contributed by atoms with Gasteiger partial charge in [0.1, 0.15) is 16.9 Å². The minimum atomic E-state index is -0.567. The second-order valence-electron chi connectivity index (χ2n) is 5.09. The van der Waals surface area contributed by atoms with Gasteiger partial charge in [-0.1, -0.05) is 6.07 Å². The summed E-state index contributed by atoms with van der Waals surface area (Å²) < 4.78 is 10.7. The van der Waals surface area contributed by atoms with E-state index in [2.05, 4.69) is 5.32 Å². The first-order chi connectivity index (χ1) is 9.03. The Kier molecular flexibility index (Phi) is 2.60. The number of rotatable bonds is 2. The molecular weight excluding hydrogens is 246 g/mol. The summed E-state index contributed by atoms with van der Waals surface area (Å²) in [6, 6.07) is 5.47. The van der Waals surface area contributed by atoms with Crippen LogP contribution in [0, 0.1) is 0 Å². The van der Waals surface area contributed by atoms with Crippen molar-refractivity contribution in [2.75, 3.05) is 18.5 Å². The number of amides is 1. The van der Waals surface area contributed by atoms with Gasteiger partial charge in [0.15, 0.2) is 6.10 Å². The van der Waals surface area contributed by atoms with E-state index in [0.717, 1.165) is 5.56 Å². The highest BCUT2D eigenvalue weighted by molar-refractivity contribution is 5.98. The quantitative estimate of drug-likeness (QED) is 0.870. The van der Waals surface area contributed by atoms with Crippen LogP contribution in [0.15, 0.2) is 18.2 Å². The second kappa shape index (κ2) is 4.06. The lowest BCUT2D eigenvalue weighted by atomic mass is 9.75. The van der Waals surface area contributed by atoms with Gasteiger partial charge in [0.25, 0.3) is 5.91 Å². The molecule has 1 aromatic rings. The summed E-state index contributed by atoms with van der Waals surface area (Å²) in [7, 11) is 0. The van der Waals surface area contributed by atoms with Crippen molar-refractivity contribution in [2.24, 2.45) is 0 Å². The van der Waals surface area contributed by atoms with Gasteiger partial charge < -0.3 is 14.8 Å². The van der Waals surface area contributed by atoms with Gasteiger partial charge >= 0.3 is 0 Å². The molecule has 1 saturated heterocycles. The minimum Gasteiger partial charge on any atom is -0.479 e. The maximum Gasteiger partial charge on any atom is 0.265 e. The molecule has 1 aromatic carbocycles. The van der Waals surface area contributed by atoms with Crippen molar-refractivity contribution in [3.8, 4) is 5.75 Å². The summed E-state index contributed by atoms with van der Waals surface area (Å²) in [5.74, 6) is 0.538. The van der Waals surface area contributed by atoms with Crippen LogP contribution in [0.3, 0.4) is 0 Å². The standard InChI is InChI=1S/C14H15NO4/c1-8-13(17)15-11-5-10(3-4-12(11)19-8)14(9(2)16)6-18-7-14/h3-5,8H,6-7H2,1-2H3,(H,15,17). The highest BCUT2D eigenvalue weighted by Gasteiger charge is 2.45. The first-order valence-electron chi connectivity index (χ1n) is 6.24. The number of ketones is 1. The molecule has 0 saturated carbocycles. The molecule has 0 bridgehead atoms. The van der Waals surface area contributed by atoms with Crippen LogP contribution in [0.5, 0.6) is 5.75 Å². The Labute approximate surface area is 110 Å². The molecule has 100 valence electrons. The predicted octanol–water partition coefficient (Wildman–Crippen LogP) is 1.26. The van der Waals surface area contributed by atoms with Crippen LogP contribution in [0.2, 0.25) is 0 Å². The first-order valence-corrected chi connectivity index (χ1v) is 6.24. The smallest absolute Gasteiger partial charge is 0.265 e. The predicted molar refractivity (Wildman–Crippen MR) is 68.3 cm³/mol. The van der Waals surface area contributed by atoms with Crippen LogP contribution in [-0.2, 0) is 19.7 Å². The topological polar surface area (TPSA) is 64.6 Å². The van der Waals surface area contributed by atoms with E-state index in [1.165, 1.54) is 0 Å². The van der Waals surface area contributed by atoms with Gasteiger partial charge in [0.2, 0.25) is 0 Å². The molecule has 3 rings (SSSR count). The Morgan fingerprint density at radius 1 is 1.42 bits per heavy atom. The Morgan fingerprint density at radius 2 is 2.16 bits per heavy atom. The number of benzene rings is 1. The minimum absolute atomic E-state index is 0.0788. The van der Waals surface area contributed by atoms with E-state index in [1.807, 2.05) is 12.1 Å². The zero-order valence-corrected chi connectivity index (χ0v) is 10.9. The lowest BCUT2D eigenvalue weighted by molar-refractivity contribution is -0.140. The van der Waals surface area contributed by atoms with Gasteiger partial charge in [0.05, 0.1) is 18.9 Å². The molecule has 0 radical (unpaired) electrons. The number of carbonyl (C=O) groups is 2. The zero-order chi connectivity index (χ0) is 13.6. The van der Waals surface area contributed by atoms with Gasteiger partial charge in [-0.05, 0) is 31.5 Å². The van der Waals surface area contributed by atoms with Gasteiger partial charge in [-0.2, -0.15) is 0 Å². The molecule has 1 unspecified atom stereocenters. The summed E-state index contributed by atoms with van der Waals surface area (Å²) in [5, 5.41) is 2.79. The number of anilines is 1. The van der Waals surface area contributed by atoms with Crippen molar-refractivity contribution in [1.82, 2.24) is 0 Å². The molecule has 1 N–H and O–H groups in total. The summed E-state index contributed by atoms with van der Waals surface area (Å²) in [5.41, 5.74) is 0.916. The number of hydrogen-bond donors (Lipinski definition) is 1. The lowest BCUT2D eigenvalue weighted by Crippen LogP contribution is -2.52. The highest BCUT2D eigenvalue weighted by atomic mass is 16.5. The Morgan fingerprint density at radius 3 is 2.74 bits per heavy atom. The molecule has 2 heterocycles. The fraction of sp³-hybridized carbons (Fsp3) is 0.429. The zero-order valence-electron chi connectivity index (χ0n) is 10.9. The average Bonchev–Trinajstić information content (AvgIpc) is 2.29. The van der Waals surface area contributed by atoms with E-state index in [-0.39, 0.29) is 11.7 Å². The van der Waals surface area contributed by atoms with E-state index in [0.29, 0.717) is 24.7 Å². The number of ether oxygens (including phenoxy) is 2. The van der Waals surface area contributed by atoms with Gasteiger partial charge in [0, 0.05) is 0 Å². The van der Waals surface area contributed by atoms with Crippen molar-refractivity contribution < 1.29 is 19.1 Å².